The number of carbonyl (C=O) groups is 1. The molecule has 0 unspecified atom stereocenters. The van der Waals surface area contributed by atoms with Gasteiger partial charge >= 0.3 is 0 Å². The summed E-state index contributed by atoms with van der Waals surface area (Å²) in [5.74, 6) is 6.26. The number of nitrogens with one attached hydrogen (secondary N) is 1. The minimum absolute atomic E-state index is 0.239. The molecule has 3 aromatic rings. The van der Waals surface area contributed by atoms with Gasteiger partial charge in [0.15, 0.2) is 5.82 Å². The third kappa shape index (κ3) is 4.22. The van der Waals surface area contributed by atoms with Gasteiger partial charge in [-0.15, -0.1) is 10.2 Å². The van der Waals surface area contributed by atoms with Crippen molar-refractivity contribution in [3.05, 3.63) is 59.1 Å². The zero-order valence-corrected chi connectivity index (χ0v) is 15.8. The molecule has 0 saturated heterocycles. The average Bonchev–Trinajstić information content (AvgIpc) is 3.02. The van der Waals surface area contributed by atoms with Crippen LogP contribution in [-0.2, 0) is 4.79 Å². The number of rotatable bonds is 5. The van der Waals surface area contributed by atoms with Crippen LogP contribution in [0.3, 0.4) is 0 Å². The molecule has 0 spiro atoms. The Morgan fingerprint density at radius 3 is 2.81 bits per heavy atom. The van der Waals surface area contributed by atoms with Crippen LogP contribution in [0.25, 0.3) is 11.4 Å². The molecule has 0 bridgehead atoms. The van der Waals surface area contributed by atoms with Crippen molar-refractivity contribution in [1.29, 1.82) is 5.26 Å². The summed E-state index contributed by atoms with van der Waals surface area (Å²) in [5.41, 5.74) is 1.68. The van der Waals surface area contributed by atoms with E-state index in [2.05, 4.69) is 15.5 Å². The van der Waals surface area contributed by atoms with E-state index in [0.29, 0.717) is 32.8 Å². The third-order valence-electron chi connectivity index (χ3n) is 3.69. The van der Waals surface area contributed by atoms with Gasteiger partial charge in [0.2, 0.25) is 11.1 Å². The van der Waals surface area contributed by atoms with Crippen LogP contribution in [0.15, 0.2) is 53.7 Å². The lowest BCUT2D eigenvalue weighted by Crippen LogP contribution is -2.23. The second-order valence-corrected chi connectivity index (χ2v) is 7.31. The number of hydrogen-bond acceptors (Lipinski definition) is 6. The molecule has 0 aliphatic rings. The zero-order valence-electron chi connectivity index (χ0n) is 14.3. The molecule has 2 aromatic carbocycles. The highest BCUT2D eigenvalue weighted by Crippen LogP contribution is 2.29. The van der Waals surface area contributed by atoms with Gasteiger partial charge in [-0.2, -0.15) is 5.26 Å². The van der Waals surface area contributed by atoms with Crippen molar-refractivity contribution in [1.82, 2.24) is 14.9 Å². The normalized spacial score (nSPS) is 11.6. The highest BCUT2D eigenvalue weighted by Gasteiger charge is 2.21. The Morgan fingerprint density at radius 1 is 1.30 bits per heavy atom. The SMILES string of the molecule is C[C@@H](Sc1nnc(-c2ccccc2Cl)n1N)C(=O)Nc1cccc(C#N)c1. The number of benzene rings is 2. The van der Waals surface area contributed by atoms with E-state index in [1.165, 1.54) is 16.4 Å². The van der Waals surface area contributed by atoms with Crippen molar-refractivity contribution in [3.63, 3.8) is 0 Å². The molecule has 1 atom stereocenters. The molecule has 0 aliphatic heterocycles. The van der Waals surface area contributed by atoms with Crippen molar-refractivity contribution >= 4 is 35.0 Å². The molecule has 0 radical (unpaired) electrons. The molecule has 1 aromatic heterocycles. The fourth-order valence-electron chi connectivity index (χ4n) is 2.31. The lowest BCUT2D eigenvalue weighted by Gasteiger charge is -2.12. The quantitative estimate of drug-likeness (QED) is 0.504. The Hall–Kier alpha value is -3.02. The molecular formula is C18H15ClN6OS. The second kappa shape index (κ2) is 8.12. The lowest BCUT2D eigenvalue weighted by molar-refractivity contribution is -0.115. The van der Waals surface area contributed by atoms with Gasteiger partial charge in [0.05, 0.1) is 21.9 Å². The van der Waals surface area contributed by atoms with Gasteiger partial charge in [0.1, 0.15) is 0 Å². The minimum atomic E-state index is -0.485. The summed E-state index contributed by atoms with van der Waals surface area (Å²) in [6, 6.07) is 15.9. The van der Waals surface area contributed by atoms with E-state index in [0.717, 1.165) is 0 Å². The summed E-state index contributed by atoms with van der Waals surface area (Å²) < 4.78 is 1.31. The highest BCUT2D eigenvalue weighted by molar-refractivity contribution is 8.00. The lowest BCUT2D eigenvalue weighted by atomic mass is 10.2. The molecule has 7 nitrogen and oxygen atoms in total. The number of hydrogen-bond donors (Lipinski definition) is 2. The number of nitriles is 1. The maximum atomic E-state index is 12.4. The number of halogens is 1. The Bertz CT molecular complexity index is 1030. The Morgan fingerprint density at radius 2 is 2.07 bits per heavy atom. The molecule has 0 aliphatic carbocycles. The number of nitrogen functional groups attached to an aromatic ring is 1. The summed E-state index contributed by atoms with van der Waals surface area (Å²) in [7, 11) is 0. The molecule has 1 heterocycles. The molecule has 0 saturated carbocycles. The zero-order chi connectivity index (χ0) is 19.4. The highest BCUT2D eigenvalue weighted by atomic mass is 35.5. The molecule has 3 rings (SSSR count). The van der Waals surface area contributed by atoms with E-state index >= 15 is 0 Å². The number of nitrogens with two attached hydrogens (primary N) is 1. The van der Waals surface area contributed by atoms with Crippen LogP contribution in [0, 0.1) is 11.3 Å². The van der Waals surface area contributed by atoms with E-state index < -0.39 is 5.25 Å². The van der Waals surface area contributed by atoms with Crippen molar-refractivity contribution in [3.8, 4) is 17.5 Å². The smallest absolute Gasteiger partial charge is 0.237 e. The van der Waals surface area contributed by atoms with Gasteiger partial charge in [-0.1, -0.05) is 41.6 Å². The van der Waals surface area contributed by atoms with Gasteiger partial charge in [0.25, 0.3) is 0 Å². The van der Waals surface area contributed by atoms with Gasteiger partial charge in [-0.25, -0.2) is 4.68 Å². The maximum absolute atomic E-state index is 12.4. The monoisotopic (exact) mass is 398 g/mol. The molecular weight excluding hydrogens is 384 g/mol. The maximum Gasteiger partial charge on any atom is 0.237 e. The summed E-state index contributed by atoms with van der Waals surface area (Å²) in [4.78, 5) is 12.4. The number of anilines is 1. The standard InChI is InChI=1S/C18H15ClN6OS/c1-11(17(26)22-13-6-4-5-12(9-13)10-20)27-18-24-23-16(25(18)21)14-7-2-3-8-15(14)19/h2-9,11H,21H2,1H3,(H,22,26)/t11-/m1/s1. The largest absolute Gasteiger partial charge is 0.335 e. The van der Waals surface area contributed by atoms with Crippen LogP contribution in [0.5, 0.6) is 0 Å². The predicted molar refractivity (Wildman–Crippen MR) is 106 cm³/mol. The summed E-state index contributed by atoms with van der Waals surface area (Å²) in [5, 5.41) is 20.3. The fourth-order valence-corrected chi connectivity index (χ4v) is 3.30. The number of aromatic nitrogens is 3. The van der Waals surface area contributed by atoms with E-state index in [4.69, 9.17) is 22.7 Å². The van der Waals surface area contributed by atoms with Gasteiger partial charge < -0.3 is 11.2 Å². The first-order chi connectivity index (χ1) is 13.0. The van der Waals surface area contributed by atoms with E-state index in [1.54, 1.807) is 43.3 Å². The Balaban J connectivity index is 1.73. The third-order valence-corrected chi connectivity index (χ3v) is 5.08. The molecule has 27 heavy (non-hydrogen) atoms. The van der Waals surface area contributed by atoms with Crippen LogP contribution in [0.1, 0.15) is 12.5 Å². The summed E-state index contributed by atoms with van der Waals surface area (Å²) in [6.07, 6.45) is 0. The number of carbonyl (C=O) groups excluding carboxylic acids is 1. The van der Waals surface area contributed by atoms with Crippen LogP contribution in [-0.4, -0.2) is 26.0 Å². The minimum Gasteiger partial charge on any atom is -0.335 e. The summed E-state index contributed by atoms with van der Waals surface area (Å²) >= 11 is 7.35. The van der Waals surface area contributed by atoms with Crippen LogP contribution in [0.4, 0.5) is 5.69 Å². The number of amides is 1. The van der Waals surface area contributed by atoms with Crippen LogP contribution >= 0.6 is 23.4 Å². The molecule has 3 N–H and O–H groups in total. The first kappa shape index (κ1) is 18.8. The predicted octanol–water partition coefficient (Wildman–Crippen LogP) is 3.30. The van der Waals surface area contributed by atoms with Crippen molar-refractivity contribution < 1.29 is 4.79 Å². The fraction of sp³-hybridized carbons (Fsp3) is 0.111. The van der Waals surface area contributed by atoms with Gasteiger partial charge in [0, 0.05) is 11.3 Å². The topological polar surface area (TPSA) is 110 Å². The van der Waals surface area contributed by atoms with Crippen LogP contribution in [0.2, 0.25) is 5.02 Å². The van der Waals surface area contributed by atoms with E-state index in [1.807, 2.05) is 18.2 Å². The van der Waals surface area contributed by atoms with E-state index in [-0.39, 0.29) is 5.91 Å². The summed E-state index contributed by atoms with van der Waals surface area (Å²) in [6.45, 7) is 1.73. The van der Waals surface area contributed by atoms with Crippen molar-refractivity contribution in [2.75, 3.05) is 11.2 Å². The number of nitrogens with zero attached hydrogens (tertiary/aromatic N) is 4. The van der Waals surface area contributed by atoms with Crippen molar-refractivity contribution in [2.45, 2.75) is 17.3 Å². The first-order valence-corrected chi connectivity index (χ1v) is 9.18. The molecule has 1 amide bonds. The number of thioether (sulfide) groups is 1. The average molecular weight is 399 g/mol. The van der Waals surface area contributed by atoms with Crippen molar-refractivity contribution in [2.24, 2.45) is 0 Å². The first-order valence-electron chi connectivity index (χ1n) is 7.92. The molecule has 9 heteroatoms. The van der Waals surface area contributed by atoms with Gasteiger partial charge in [-0.3, -0.25) is 4.79 Å². The molecule has 136 valence electrons. The van der Waals surface area contributed by atoms with E-state index in [9.17, 15) is 4.79 Å². The van der Waals surface area contributed by atoms with Gasteiger partial charge in [-0.05, 0) is 37.3 Å². The van der Waals surface area contributed by atoms with Crippen LogP contribution < -0.4 is 11.2 Å². The Labute approximate surface area is 165 Å². The second-order valence-electron chi connectivity index (χ2n) is 5.60. The Kier molecular flexibility index (Phi) is 5.64. The molecule has 0 fully saturated rings.